The van der Waals surface area contributed by atoms with E-state index in [1.807, 2.05) is 0 Å². The average molecular weight is 210 g/mol. The van der Waals surface area contributed by atoms with Crippen molar-refractivity contribution in [3.8, 4) is 0 Å². The molecule has 2 aliphatic heterocycles. The third-order valence-corrected chi connectivity index (χ3v) is 3.68. The van der Waals surface area contributed by atoms with E-state index in [1.165, 1.54) is 45.4 Å². The molecule has 2 fully saturated rings. The summed E-state index contributed by atoms with van der Waals surface area (Å²) in [4.78, 5) is 16.0. The highest BCUT2D eigenvalue weighted by Crippen LogP contribution is 2.20. The van der Waals surface area contributed by atoms with E-state index in [4.69, 9.17) is 0 Å². The molecule has 86 valence electrons. The maximum absolute atomic E-state index is 10.9. The Morgan fingerprint density at radius 3 is 2.67 bits per heavy atom. The summed E-state index contributed by atoms with van der Waals surface area (Å²) in [5, 5.41) is 0. The number of carbonyl (C=O) groups is 1. The van der Waals surface area contributed by atoms with Crippen LogP contribution in [-0.4, -0.2) is 54.3 Å². The lowest BCUT2D eigenvalue weighted by atomic mass is 10.2. The molecule has 0 radical (unpaired) electrons. The Hall–Kier alpha value is -0.410. The van der Waals surface area contributed by atoms with E-state index in [1.54, 1.807) is 6.92 Å². The Morgan fingerprint density at radius 1 is 1.27 bits per heavy atom. The monoisotopic (exact) mass is 210 g/mol. The van der Waals surface area contributed by atoms with Crippen LogP contribution in [0.15, 0.2) is 0 Å². The average Bonchev–Trinajstić information content (AvgIpc) is 2.85. The fourth-order valence-electron chi connectivity index (χ4n) is 2.74. The molecule has 2 heterocycles. The molecule has 15 heavy (non-hydrogen) atoms. The van der Waals surface area contributed by atoms with Gasteiger partial charge < -0.3 is 4.90 Å². The second-order valence-corrected chi connectivity index (χ2v) is 4.94. The standard InChI is InChI=1S/C12H22N2O/c1-11(15)4-8-13-9-5-12(10-13)14-6-2-3-7-14/h12H,2-10H2,1H3. The molecule has 0 aromatic rings. The molecule has 0 amide bonds. The van der Waals surface area contributed by atoms with E-state index >= 15 is 0 Å². The fraction of sp³-hybridized carbons (Fsp3) is 0.917. The molecule has 0 spiro atoms. The first-order valence-electron chi connectivity index (χ1n) is 6.21. The summed E-state index contributed by atoms with van der Waals surface area (Å²) < 4.78 is 0. The summed E-state index contributed by atoms with van der Waals surface area (Å²) in [5.41, 5.74) is 0. The van der Waals surface area contributed by atoms with Gasteiger partial charge in [0.05, 0.1) is 0 Å². The van der Waals surface area contributed by atoms with Crippen molar-refractivity contribution in [2.45, 2.75) is 38.6 Å². The van der Waals surface area contributed by atoms with Gasteiger partial charge in [-0.05, 0) is 45.8 Å². The van der Waals surface area contributed by atoms with Crippen LogP contribution in [0, 0.1) is 0 Å². The molecule has 0 aliphatic carbocycles. The summed E-state index contributed by atoms with van der Waals surface area (Å²) in [6.07, 6.45) is 4.79. The van der Waals surface area contributed by atoms with Crippen LogP contribution >= 0.6 is 0 Å². The van der Waals surface area contributed by atoms with E-state index in [9.17, 15) is 4.79 Å². The maximum atomic E-state index is 10.9. The van der Waals surface area contributed by atoms with Crippen LogP contribution in [0.2, 0.25) is 0 Å². The first-order valence-corrected chi connectivity index (χ1v) is 6.21. The van der Waals surface area contributed by atoms with Gasteiger partial charge in [0.1, 0.15) is 5.78 Å². The first-order chi connectivity index (χ1) is 7.25. The number of rotatable bonds is 4. The molecular formula is C12H22N2O. The van der Waals surface area contributed by atoms with Crippen LogP contribution < -0.4 is 0 Å². The third kappa shape index (κ3) is 3.02. The Labute approximate surface area is 92.4 Å². The van der Waals surface area contributed by atoms with Crippen molar-refractivity contribution in [2.75, 3.05) is 32.7 Å². The number of carbonyl (C=O) groups excluding carboxylic acids is 1. The van der Waals surface area contributed by atoms with E-state index in [-0.39, 0.29) is 0 Å². The normalized spacial score (nSPS) is 28.7. The Bertz CT molecular complexity index is 224. The van der Waals surface area contributed by atoms with Crippen LogP contribution in [0.5, 0.6) is 0 Å². The topological polar surface area (TPSA) is 23.6 Å². The van der Waals surface area contributed by atoms with Gasteiger partial charge in [-0.25, -0.2) is 0 Å². The van der Waals surface area contributed by atoms with Crippen LogP contribution in [0.3, 0.4) is 0 Å². The predicted octanol–water partition coefficient (Wildman–Crippen LogP) is 1.14. The minimum absolute atomic E-state index is 0.319. The van der Waals surface area contributed by atoms with Gasteiger partial charge in [-0.2, -0.15) is 0 Å². The molecular weight excluding hydrogens is 188 g/mol. The zero-order chi connectivity index (χ0) is 10.7. The molecule has 2 aliphatic rings. The Morgan fingerprint density at radius 2 is 2.00 bits per heavy atom. The fourth-order valence-corrected chi connectivity index (χ4v) is 2.74. The molecule has 0 aromatic carbocycles. The minimum Gasteiger partial charge on any atom is -0.301 e. The van der Waals surface area contributed by atoms with Crippen molar-refractivity contribution in [1.82, 2.24) is 9.80 Å². The molecule has 2 saturated heterocycles. The molecule has 0 N–H and O–H groups in total. The third-order valence-electron chi connectivity index (χ3n) is 3.68. The van der Waals surface area contributed by atoms with Crippen molar-refractivity contribution in [3.05, 3.63) is 0 Å². The predicted molar refractivity (Wildman–Crippen MR) is 61.0 cm³/mol. The number of Topliss-reactive ketones (excluding diaryl/α,β-unsaturated/α-hetero) is 1. The molecule has 2 rings (SSSR count). The van der Waals surface area contributed by atoms with Gasteiger partial charge in [-0.3, -0.25) is 9.69 Å². The number of hydrogen-bond donors (Lipinski definition) is 0. The summed E-state index contributed by atoms with van der Waals surface area (Å²) in [6, 6.07) is 0.777. The van der Waals surface area contributed by atoms with Crippen molar-refractivity contribution >= 4 is 5.78 Å². The van der Waals surface area contributed by atoms with Crippen molar-refractivity contribution < 1.29 is 4.79 Å². The van der Waals surface area contributed by atoms with Crippen molar-refractivity contribution in [2.24, 2.45) is 0 Å². The minimum atomic E-state index is 0.319. The lowest BCUT2D eigenvalue weighted by molar-refractivity contribution is -0.117. The smallest absolute Gasteiger partial charge is 0.131 e. The summed E-state index contributed by atoms with van der Waals surface area (Å²) >= 11 is 0. The van der Waals surface area contributed by atoms with E-state index in [0.717, 1.165) is 19.0 Å². The SMILES string of the molecule is CC(=O)CCN1CCC(N2CCCC2)C1. The second kappa shape index (κ2) is 5.08. The summed E-state index contributed by atoms with van der Waals surface area (Å²) in [5.74, 6) is 0.319. The molecule has 3 heteroatoms. The Kier molecular flexibility index (Phi) is 3.76. The Balaban J connectivity index is 1.71. The van der Waals surface area contributed by atoms with Gasteiger partial charge in [0.2, 0.25) is 0 Å². The van der Waals surface area contributed by atoms with Gasteiger partial charge in [0, 0.05) is 25.6 Å². The maximum Gasteiger partial charge on any atom is 0.131 e. The molecule has 0 saturated carbocycles. The van der Waals surface area contributed by atoms with Gasteiger partial charge in [-0.15, -0.1) is 0 Å². The number of hydrogen-bond acceptors (Lipinski definition) is 3. The van der Waals surface area contributed by atoms with Gasteiger partial charge >= 0.3 is 0 Å². The highest BCUT2D eigenvalue weighted by atomic mass is 16.1. The van der Waals surface area contributed by atoms with Crippen LogP contribution in [0.25, 0.3) is 0 Å². The quantitative estimate of drug-likeness (QED) is 0.695. The molecule has 1 atom stereocenters. The van der Waals surface area contributed by atoms with E-state index in [2.05, 4.69) is 9.80 Å². The molecule has 0 aromatic heterocycles. The second-order valence-electron chi connectivity index (χ2n) is 4.94. The molecule has 3 nitrogen and oxygen atoms in total. The van der Waals surface area contributed by atoms with Crippen LogP contribution in [0.1, 0.15) is 32.6 Å². The molecule has 0 bridgehead atoms. The highest BCUT2D eigenvalue weighted by Gasteiger charge is 2.28. The van der Waals surface area contributed by atoms with Crippen LogP contribution in [0.4, 0.5) is 0 Å². The summed E-state index contributed by atoms with van der Waals surface area (Å²) in [6.45, 7) is 7.63. The number of likely N-dealkylation sites (tertiary alicyclic amines) is 2. The van der Waals surface area contributed by atoms with E-state index in [0.29, 0.717) is 5.78 Å². The van der Waals surface area contributed by atoms with E-state index < -0.39 is 0 Å². The van der Waals surface area contributed by atoms with Crippen molar-refractivity contribution in [3.63, 3.8) is 0 Å². The highest BCUT2D eigenvalue weighted by molar-refractivity contribution is 5.75. The number of ketones is 1. The lowest BCUT2D eigenvalue weighted by Crippen LogP contribution is -2.35. The largest absolute Gasteiger partial charge is 0.301 e. The zero-order valence-electron chi connectivity index (χ0n) is 9.74. The summed E-state index contributed by atoms with van der Waals surface area (Å²) in [7, 11) is 0. The van der Waals surface area contributed by atoms with Crippen LogP contribution in [-0.2, 0) is 4.79 Å². The number of nitrogens with zero attached hydrogens (tertiary/aromatic N) is 2. The lowest BCUT2D eigenvalue weighted by Gasteiger charge is -2.23. The zero-order valence-corrected chi connectivity index (χ0v) is 9.74. The molecule has 1 unspecified atom stereocenters. The van der Waals surface area contributed by atoms with Gasteiger partial charge in [0.15, 0.2) is 0 Å². The van der Waals surface area contributed by atoms with Crippen molar-refractivity contribution in [1.29, 1.82) is 0 Å². The first kappa shape index (κ1) is 11.1. The van der Waals surface area contributed by atoms with Gasteiger partial charge in [-0.1, -0.05) is 0 Å². The van der Waals surface area contributed by atoms with Gasteiger partial charge in [0.25, 0.3) is 0 Å².